The number of halogens is 1. The van der Waals surface area contributed by atoms with Crippen LogP contribution in [0.5, 0.6) is 5.75 Å². The average Bonchev–Trinajstić information content (AvgIpc) is 2.64. The zero-order valence-corrected chi connectivity index (χ0v) is 15.4. The number of rotatable bonds is 6. The SMILES string of the molecule is CCc1ccc(OCC(=O)NNC(=O)c2ccccc2[N+](=O)[O-])c(Br)c1. The molecular weight excluding hydrogens is 406 g/mol. The number of hydrogen-bond acceptors (Lipinski definition) is 5. The molecule has 0 saturated heterocycles. The fourth-order valence-electron chi connectivity index (χ4n) is 2.08. The Morgan fingerprint density at radius 1 is 1.19 bits per heavy atom. The topological polar surface area (TPSA) is 111 Å². The van der Waals surface area contributed by atoms with Crippen molar-refractivity contribution in [2.75, 3.05) is 6.61 Å². The Balaban J connectivity index is 1.89. The lowest BCUT2D eigenvalue weighted by molar-refractivity contribution is -0.385. The van der Waals surface area contributed by atoms with E-state index in [1.807, 2.05) is 19.1 Å². The van der Waals surface area contributed by atoms with Crippen LogP contribution in [0, 0.1) is 10.1 Å². The van der Waals surface area contributed by atoms with Gasteiger partial charge in [-0.3, -0.25) is 30.6 Å². The highest BCUT2D eigenvalue weighted by Gasteiger charge is 2.19. The molecule has 2 amide bonds. The summed E-state index contributed by atoms with van der Waals surface area (Å²) in [4.78, 5) is 34.0. The molecule has 0 saturated carbocycles. The number of aryl methyl sites for hydroxylation is 1. The third kappa shape index (κ3) is 5.03. The summed E-state index contributed by atoms with van der Waals surface area (Å²) >= 11 is 3.36. The molecule has 0 radical (unpaired) electrons. The second-order valence-electron chi connectivity index (χ2n) is 5.18. The summed E-state index contributed by atoms with van der Waals surface area (Å²) in [6.07, 6.45) is 0.872. The molecule has 0 aromatic heterocycles. The van der Waals surface area contributed by atoms with Crippen molar-refractivity contribution < 1.29 is 19.2 Å². The minimum Gasteiger partial charge on any atom is -0.483 e. The smallest absolute Gasteiger partial charge is 0.282 e. The Bertz CT molecular complexity index is 841. The number of para-hydroxylation sites is 1. The summed E-state index contributed by atoms with van der Waals surface area (Å²) in [7, 11) is 0. The number of nitro benzene ring substituents is 1. The summed E-state index contributed by atoms with van der Waals surface area (Å²) in [6.45, 7) is 1.69. The Kier molecular flexibility index (Phi) is 6.67. The third-order valence-corrected chi connectivity index (χ3v) is 4.04. The highest BCUT2D eigenvalue weighted by Crippen LogP contribution is 2.26. The van der Waals surface area contributed by atoms with Crippen molar-refractivity contribution in [2.24, 2.45) is 0 Å². The van der Waals surface area contributed by atoms with Gasteiger partial charge in [-0.25, -0.2) is 0 Å². The Labute approximate surface area is 157 Å². The van der Waals surface area contributed by atoms with E-state index < -0.39 is 16.7 Å². The van der Waals surface area contributed by atoms with Gasteiger partial charge in [-0.15, -0.1) is 0 Å². The van der Waals surface area contributed by atoms with Crippen LogP contribution in [0.1, 0.15) is 22.8 Å². The fourth-order valence-corrected chi connectivity index (χ4v) is 2.62. The molecule has 2 aromatic rings. The highest BCUT2D eigenvalue weighted by molar-refractivity contribution is 9.10. The normalized spacial score (nSPS) is 10.1. The number of hydrogen-bond donors (Lipinski definition) is 2. The van der Waals surface area contributed by atoms with Crippen molar-refractivity contribution in [1.29, 1.82) is 0 Å². The number of benzene rings is 2. The summed E-state index contributed by atoms with van der Waals surface area (Å²) < 4.78 is 6.10. The molecule has 0 unspecified atom stereocenters. The van der Waals surface area contributed by atoms with Gasteiger partial charge in [0, 0.05) is 6.07 Å². The molecule has 0 bridgehead atoms. The summed E-state index contributed by atoms with van der Waals surface area (Å²) in [5.41, 5.74) is 4.90. The first kappa shape index (κ1) is 19.4. The molecule has 0 heterocycles. The number of carbonyl (C=O) groups is 2. The summed E-state index contributed by atoms with van der Waals surface area (Å²) in [6, 6.07) is 11.0. The van der Waals surface area contributed by atoms with Gasteiger partial charge in [-0.05, 0) is 46.1 Å². The van der Waals surface area contributed by atoms with E-state index >= 15 is 0 Å². The lowest BCUT2D eigenvalue weighted by Crippen LogP contribution is -2.44. The molecule has 0 aliphatic carbocycles. The van der Waals surface area contributed by atoms with Crippen LogP contribution in [0.2, 0.25) is 0 Å². The number of hydrazine groups is 1. The predicted molar refractivity (Wildman–Crippen MR) is 97.7 cm³/mol. The second kappa shape index (κ2) is 8.95. The Hall–Kier alpha value is -2.94. The van der Waals surface area contributed by atoms with E-state index in [4.69, 9.17) is 4.74 Å². The molecule has 0 fully saturated rings. The van der Waals surface area contributed by atoms with Crippen molar-refractivity contribution >= 4 is 33.4 Å². The van der Waals surface area contributed by atoms with Crippen molar-refractivity contribution in [1.82, 2.24) is 10.9 Å². The van der Waals surface area contributed by atoms with Crippen LogP contribution < -0.4 is 15.6 Å². The maximum absolute atomic E-state index is 12.0. The highest BCUT2D eigenvalue weighted by atomic mass is 79.9. The molecule has 26 heavy (non-hydrogen) atoms. The van der Waals surface area contributed by atoms with E-state index in [9.17, 15) is 19.7 Å². The molecule has 0 spiro atoms. The van der Waals surface area contributed by atoms with Gasteiger partial charge in [0.1, 0.15) is 11.3 Å². The summed E-state index contributed by atoms with van der Waals surface area (Å²) in [5, 5.41) is 10.9. The van der Waals surface area contributed by atoms with Gasteiger partial charge in [0.15, 0.2) is 6.61 Å². The zero-order valence-electron chi connectivity index (χ0n) is 13.8. The Morgan fingerprint density at radius 2 is 1.92 bits per heavy atom. The van der Waals surface area contributed by atoms with Gasteiger partial charge in [-0.2, -0.15) is 0 Å². The van der Waals surface area contributed by atoms with E-state index in [1.54, 1.807) is 6.07 Å². The van der Waals surface area contributed by atoms with Crippen LogP contribution in [-0.2, 0) is 11.2 Å². The van der Waals surface area contributed by atoms with Crippen molar-refractivity contribution in [3.05, 3.63) is 68.2 Å². The Morgan fingerprint density at radius 3 is 2.58 bits per heavy atom. The monoisotopic (exact) mass is 421 g/mol. The van der Waals surface area contributed by atoms with E-state index in [2.05, 4.69) is 26.8 Å². The number of nitro groups is 1. The van der Waals surface area contributed by atoms with Gasteiger partial charge in [0.05, 0.1) is 9.40 Å². The molecule has 136 valence electrons. The molecule has 2 rings (SSSR count). The minimum atomic E-state index is -0.792. The first-order valence-corrected chi connectivity index (χ1v) is 8.45. The second-order valence-corrected chi connectivity index (χ2v) is 6.04. The van der Waals surface area contributed by atoms with Gasteiger partial charge in [0.2, 0.25) is 0 Å². The van der Waals surface area contributed by atoms with E-state index in [0.717, 1.165) is 12.0 Å². The number of amides is 2. The van der Waals surface area contributed by atoms with E-state index in [0.29, 0.717) is 10.2 Å². The van der Waals surface area contributed by atoms with E-state index in [-0.39, 0.29) is 17.9 Å². The lowest BCUT2D eigenvalue weighted by Gasteiger charge is -2.10. The van der Waals surface area contributed by atoms with Crippen LogP contribution in [0.25, 0.3) is 0 Å². The number of nitrogens with zero attached hydrogens (tertiary/aromatic N) is 1. The molecule has 0 aliphatic rings. The fraction of sp³-hybridized carbons (Fsp3) is 0.176. The molecule has 8 nitrogen and oxygen atoms in total. The van der Waals surface area contributed by atoms with Crippen LogP contribution in [0.3, 0.4) is 0 Å². The average molecular weight is 422 g/mol. The van der Waals surface area contributed by atoms with Gasteiger partial charge in [-0.1, -0.05) is 25.1 Å². The standard InChI is InChI=1S/C17H16BrN3O5/c1-2-11-7-8-15(13(18)9-11)26-10-16(22)19-20-17(23)12-5-3-4-6-14(12)21(24)25/h3-9H,2,10H2,1H3,(H,19,22)(H,20,23). The van der Waals surface area contributed by atoms with Crippen molar-refractivity contribution in [2.45, 2.75) is 13.3 Å². The third-order valence-electron chi connectivity index (χ3n) is 3.42. The van der Waals surface area contributed by atoms with Crippen LogP contribution in [0.4, 0.5) is 5.69 Å². The maximum atomic E-state index is 12.0. The first-order chi connectivity index (χ1) is 12.4. The number of ether oxygens (including phenoxy) is 1. The van der Waals surface area contributed by atoms with Crippen molar-refractivity contribution in [3.8, 4) is 5.75 Å². The van der Waals surface area contributed by atoms with Gasteiger partial charge < -0.3 is 4.74 Å². The first-order valence-electron chi connectivity index (χ1n) is 7.66. The quantitative estimate of drug-likeness (QED) is 0.550. The molecular formula is C17H16BrN3O5. The molecule has 2 aromatic carbocycles. The van der Waals surface area contributed by atoms with Crippen LogP contribution in [0.15, 0.2) is 46.9 Å². The maximum Gasteiger partial charge on any atom is 0.282 e. The molecule has 0 atom stereocenters. The van der Waals surface area contributed by atoms with Gasteiger partial charge >= 0.3 is 0 Å². The zero-order chi connectivity index (χ0) is 19.1. The van der Waals surface area contributed by atoms with E-state index in [1.165, 1.54) is 24.3 Å². The predicted octanol–water partition coefficient (Wildman–Crippen LogP) is 2.76. The summed E-state index contributed by atoms with van der Waals surface area (Å²) in [5.74, 6) is -0.912. The lowest BCUT2D eigenvalue weighted by atomic mass is 10.2. The minimum absolute atomic E-state index is 0.156. The van der Waals surface area contributed by atoms with Crippen LogP contribution >= 0.6 is 15.9 Å². The molecule has 2 N–H and O–H groups in total. The number of nitrogens with one attached hydrogen (secondary N) is 2. The molecule has 0 aliphatic heterocycles. The molecule has 9 heteroatoms. The largest absolute Gasteiger partial charge is 0.483 e. The van der Waals surface area contributed by atoms with Gasteiger partial charge in [0.25, 0.3) is 17.5 Å². The number of carbonyl (C=O) groups excluding carboxylic acids is 2. The van der Waals surface area contributed by atoms with Crippen LogP contribution in [-0.4, -0.2) is 23.3 Å². The van der Waals surface area contributed by atoms with Crippen molar-refractivity contribution in [3.63, 3.8) is 0 Å².